The molecule has 0 radical (unpaired) electrons. The normalized spacial score (nSPS) is 42.0. The Morgan fingerprint density at radius 2 is 1.96 bits per heavy atom. The van der Waals surface area contributed by atoms with Crippen molar-refractivity contribution in [1.29, 1.82) is 0 Å². The predicted octanol–water partition coefficient (Wildman–Crippen LogP) is 4.37. The van der Waals surface area contributed by atoms with Crippen molar-refractivity contribution in [2.75, 3.05) is 19.6 Å². The molecule has 1 saturated heterocycles. The Kier molecular flexibility index (Phi) is 4.58. The van der Waals surface area contributed by atoms with E-state index in [4.69, 9.17) is 0 Å². The number of hydrogen-bond acceptors (Lipinski definition) is 2. The third kappa shape index (κ3) is 2.61. The molecular weight excluding hydrogens is 344 g/mol. The maximum atomic E-state index is 14.2. The molecule has 1 N–H and O–H groups in total. The van der Waals surface area contributed by atoms with Gasteiger partial charge >= 0.3 is 0 Å². The molecule has 28 heavy (non-hydrogen) atoms. The number of piperazine rings is 1. The third-order valence-electron chi connectivity index (χ3n) is 8.95. The van der Waals surface area contributed by atoms with Crippen molar-refractivity contribution < 1.29 is 4.79 Å². The molecule has 1 aromatic rings. The summed E-state index contributed by atoms with van der Waals surface area (Å²) in [6, 6.07) is 11.6. The molecule has 1 aromatic carbocycles. The van der Waals surface area contributed by atoms with E-state index in [2.05, 4.69) is 54.4 Å². The summed E-state index contributed by atoms with van der Waals surface area (Å²) in [4.78, 5) is 16.4. The summed E-state index contributed by atoms with van der Waals surface area (Å²) in [5.74, 6) is 2.80. The van der Waals surface area contributed by atoms with Crippen LogP contribution in [-0.2, 0) is 10.2 Å². The first kappa shape index (κ1) is 18.7. The number of carbonyl (C=O) groups is 1. The highest BCUT2D eigenvalue weighted by molar-refractivity contribution is 5.84. The van der Waals surface area contributed by atoms with Crippen molar-refractivity contribution in [3.05, 3.63) is 35.9 Å². The lowest BCUT2D eigenvalue weighted by Gasteiger charge is -2.54. The van der Waals surface area contributed by atoms with Crippen LogP contribution in [-0.4, -0.2) is 36.5 Å². The van der Waals surface area contributed by atoms with Crippen LogP contribution < -0.4 is 5.32 Å². The van der Waals surface area contributed by atoms with E-state index in [1.165, 1.54) is 24.8 Å². The zero-order valence-electron chi connectivity index (χ0n) is 17.6. The minimum Gasteiger partial charge on any atom is -0.337 e. The second-order valence-corrected chi connectivity index (χ2v) is 10.2. The molecule has 1 heterocycles. The summed E-state index contributed by atoms with van der Waals surface area (Å²) >= 11 is 0. The van der Waals surface area contributed by atoms with Crippen molar-refractivity contribution in [1.82, 2.24) is 10.2 Å². The van der Waals surface area contributed by atoms with Crippen molar-refractivity contribution in [2.45, 2.75) is 70.3 Å². The number of fused-ring (bicyclic) bond motifs is 1. The van der Waals surface area contributed by atoms with Gasteiger partial charge in [-0.15, -0.1) is 0 Å². The van der Waals surface area contributed by atoms with E-state index in [9.17, 15) is 4.79 Å². The van der Waals surface area contributed by atoms with Crippen LogP contribution in [0.4, 0.5) is 0 Å². The van der Waals surface area contributed by atoms with Crippen LogP contribution in [0.3, 0.4) is 0 Å². The lowest BCUT2D eigenvalue weighted by atomic mass is 9.50. The number of nitrogens with one attached hydrogen (secondary N) is 1. The first-order valence-electron chi connectivity index (χ1n) is 11.7. The van der Waals surface area contributed by atoms with E-state index in [1.807, 2.05) is 0 Å². The van der Waals surface area contributed by atoms with Crippen LogP contribution in [0.5, 0.6) is 0 Å². The lowest BCUT2D eigenvalue weighted by molar-refractivity contribution is -0.147. The minimum atomic E-state index is -0.114. The molecule has 1 aliphatic heterocycles. The minimum absolute atomic E-state index is 0.114. The summed E-state index contributed by atoms with van der Waals surface area (Å²) in [7, 11) is 0. The first-order valence-corrected chi connectivity index (χ1v) is 11.7. The van der Waals surface area contributed by atoms with E-state index in [0.29, 0.717) is 11.9 Å². The molecule has 3 saturated carbocycles. The molecule has 3 aliphatic carbocycles. The van der Waals surface area contributed by atoms with Gasteiger partial charge in [0.25, 0.3) is 0 Å². The maximum Gasteiger partial charge on any atom is 0.229 e. The van der Waals surface area contributed by atoms with Crippen LogP contribution in [0.1, 0.15) is 64.4 Å². The van der Waals surface area contributed by atoms with Gasteiger partial charge in [0.05, 0.1) is 5.41 Å². The van der Waals surface area contributed by atoms with Crippen LogP contribution in [0, 0.1) is 23.2 Å². The fraction of sp³-hybridized carbons (Fsp3) is 0.720. The molecule has 4 fully saturated rings. The van der Waals surface area contributed by atoms with Gasteiger partial charge in [-0.25, -0.2) is 0 Å². The quantitative estimate of drug-likeness (QED) is 0.841. The Labute approximate surface area is 170 Å². The average Bonchev–Trinajstić information content (AvgIpc) is 2.91. The summed E-state index contributed by atoms with van der Waals surface area (Å²) in [5, 5.41) is 3.50. The van der Waals surface area contributed by atoms with Crippen LogP contribution in [0.15, 0.2) is 30.3 Å². The second-order valence-electron chi connectivity index (χ2n) is 10.2. The summed E-state index contributed by atoms with van der Waals surface area (Å²) in [6.07, 6.45) is 8.32. The zero-order chi connectivity index (χ0) is 19.4. The summed E-state index contributed by atoms with van der Waals surface area (Å²) in [5.41, 5.74) is 1.67. The highest BCUT2D eigenvalue weighted by Crippen LogP contribution is 2.72. The van der Waals surface area contributed by atoms with Gasteiger partial charge < -0.3 is 10.2 Å². The van der Waals surface area contributed by atoms with Crippen molar-refractivity contribution in [2.24, 2.45) is 23.2 Å². The highest BCUT2D eigenvalue weighted by Gasteiger charge is 2.68. The largest absolute Gasteiger partial charge is 0.337 e. The molecule has 2 bridgehead atoms. The fourth-order valence-corrected chi connectivity index (χ4v) is 7.64. The molecule has 6 unspecified atom stereocenters. The summed E-state index contributed by atoms with van der Waals surface area (Å²) < 4.78 is 0. The average molecular weight is 381 g/mol. The molecule has 0 spiro atoms. The number of rotatable bonds is 4. The Bertz CT molecular complexity index is 733. The topological polar surface area (TPSA) is 32.3 Å². The number of carbonyl (C=O) groups excluding carboxylic acids is 1. The third-order valence-corrected chi connectivity index (χ3v) is 8.95. The van der Waals surface area contributed by atoms with Gasteiger partial charge in [-0.1, -0.05) is 50.6 Å². The van der Waals surface area contributed by atoms with Crippen LogP contribution in [0.2, 0.25) is 0 Å². The van der Waals surface area contributed by atoms with Gasteiger partial charge in [-0.3, -0.25) is 4.79 Å². The Hall–Kier alpha value is -1.35. The second kappa shape index (κ2) is 6.86. The van der Waals surface area contributed by atoms with Gasteiger partial charge in [0.15, 0.2) is 0 Å². The Morgan fingerprint density at radius 1 is 1.14 bits per heavy atom. The molecule has 4 aliphatic rings. The van der Waals surface area contributed by atoms with Crippen molar-refractivity contribution >= 4 is 5.91 Å². The monoisotopic (exact) mass is 380 g/mol. The highest BCUT2D eigenvalue weighted by atomic mass is 16.2. The molecular formula is C25H36N2O. The number of hydrogen-bond donors (Lipinski definition) is 1. The van der Waals surface area contributed by atoms with Crippen molar-refractivity contribution in [3.63, 3.8) is 0 Å². The van der Waals surface area contributed by atoms with Gasteiger partial charge in [-0.2, -0.15) is 0 Å². The lowest BCUT2D eigenvalue weighted by Crippen LogP contribution is -2.57. The number of nitrogens with zero attached hydrogens (tertiary/aromatic N) is 1. The first-order chi connectivity index (χ1) is 13.6. The maximum absolute atomic E-state index is 14.2. The summed E-state index contributed by atoms with van der Waals surface area (Å²) in [6.45, 7) is 7.38. The van der Waals surface area contributed by atoms with E-state index in [0.717, 1.165) is 63.1 Å². The molecule has 1 amide bonds. The standard InChI is InChI=1S/C25H36N2O/c1-3-18-12-19-14-25(20-8-6-5-7-9-20)17-24(13-18,15-22(19)25)23(28)27-11-10-26-16-21(27)4-2/h5-9,18-19,21-22,26H,3-4,10-17H2,1-2H3. The molecule has 6 atom stereocenters. The van der Waals surface area contributed by atoms with Gasteiger partial charge in [-0.05, 0) is 67.3 Å². The smallest absolute Gasteiger partial charge is 0.229 e. The molecule has 5 rings (SSSR count). The van der Waals surface area contributed by atoms with E-state index >= 15 is 0 Å². The van der Waals surface area contributed by atoms with Gasteiger partial charge in [0.1, 0.15) is 0 Å². The van der Waals surface area contributed by atoms with Crippen LogP contribution >= 0.6 is 0 Å². The molecule has 0 aromatic heterocycles. The molecule has 3 nitrogen and oxygen atoms in total. The Balaban J connectivity index is 1.52. The number of benzene rings is 1. The fourth-order valence-electron chi connectivity index (χ4n) is 7.64. The van der Waals surface area contributed by atoms with E-state index in [-0.39, 0.29) is 10.8 Å². The van der Waals surface area contributed by atoms with Gasteiger partial charge in [0, 0.05) is 25.7 Å². The van der Waals surface area contributed by atoms with Gasteiger partial charge in [0.2, 0.25) is 5.91 Å². The van der Waals surface area contributed by atoms with E-state index in [1.54, 1.807) is 0 Å². The van der Waals surface area contributed by atoms with E-state index < -0.39 is 0 Å². The Morgan fingerprint density at radius 3 is 2.71 bits per heavy atom. The molecule has 152 valence electrons. The van der Waals surface area contributed by atoms with Crippen molar-refractivity contribution in [3.8, 4) is 0 Å². The number of amides is 1. The predicted molar refractivity (Wildman–Crippen MR) is 113 cm³/mol. The molecule has 3 heteroatoms. The SMILES string of the molecule is CCC1CC2CC3(c4ccccc4)CC(C(=O)N4CCNCC4CC)(C1)CC23. The van der Waals surface area contributed by atoms with Crippen LogP contribution in [0.25, 0.3) is 0 Å². The zero-order valence-corrected chi connectivity index (χ0v) is 17.6.